The molecular weight excluding hydrogens is 238 g/mol. The number of rotatable bonds is 2. The Morgan fingerprint density at radius 3 is 2.63 bits per heavy atom. The van der Waals surface area contributed by atoms with Crippen LogP contribution in [0.15, 0.2) is 48.5 Å². The van der Waals surface area contributed by atoms with E-state index < -0.39 is 0 Å². The summed E-state index contributed by atoms with van der Waals surface area (Å²) < 4.78 is 5.19. The molecular formula is C16H13NO2. The number of hydrogen-bond donors (Lipinski definition) is 1. The van der Waals surface area contributed by atoms with Gasteiger partial charge in [-0.1, -0.05) is 30.3 Å². The van der Waals surface area contributed by atoms with Gasteiger partial charge in [0.2, 0.25) is 0 Å². The lowest BCUT2D eigenvalue weighted by Gasteiger charge is -2.03. The van der Waals surface area contributed by atoms with Crippen LogP contribution in [0.1, 0.15) is 21.5 Å². The van der Waals surface area contributed by atoms with Crippen LogP contribution >= 0.6 is 0 Å². The number of amides is 1. The average molecular weight is 251 g/mol. The fourth-order valence-electron chi connectivity index (χ4n) is 2.18. The van der Waals surface area contributed by atoms with Gasteiger partial charge in [-0.25, -0.2) is 0 Å². The van der Waals surface area contributed by atoms with Crippen molar-refractivity contribution < 1.29 is 9.53 Å². The third kappa shape index (κ3) is 2.10. The lowest BCUT2D eigenvalue weighted by molar-refractivity contribution is 0.0981. The zero-order valence-electron chi connectivity index (χ0n) is 10.5. The van der Waals surface area contributed by atoms with E-state index in [0.717, 1.165) is 28.1 Å². The van der Waals surface area contributed by atoms with Gasteiger partial charge < -0.3 is 10.1 Å². The van der Waals surface area contributed by atoms with Gasteiger partial charge in [-0.05, 0) is 29.8 Å². The maximum atomic E-state index is 11.8. The molecule has 0 fully saturated rings. The van der Waals surface area contributed by atoms with Crippen LogP contribution < -0.4 is 10.1 Å². The number of nitrogens with one attached hydrogen (secondary N) is 1. The van der Waals surface area contributed by atoms with Gasteiger partial charge in [0, 0.05) is 16.8 Å². The number of benzene rings is 2. The molecule has 0 saturated heterocycles. The molecule has 1 aliphatic heterocycles. The summed E-state index contributed by atoms with van der Waals surface area (Å²) in [4.78, 5) is 11.8. The maximum absolute atomic E-state index is 11.8. The van der Waals surface area contributed by atoms with Crippen LogP contribution in [-0.4, -0.2) is 13.0 Å². The third-order valence-electron chi connectivity index (χ3n) is 3.11. The van der Waals surface area contributed by atoms with E-state index in [1.54, 1.807) is 7.11 Å². The normalized spacial score (nSPS) is 15.2. The molecule has 0 aliphatic carbocycles. The molecule has 1 N–H and O–H groups in total. The highest BCUT2D eigenvalue weighted by Gasteiger charge is 2.22. The molecule has 0 saturated carbocycles. The van der Waals surface area contributed by atoms with Crippen LogP contribution in [0.5, 0.6) is 5.75 Å². The highest BCUT2D eigenvalue weighted by molar-refractivity contribution is 6.11. The molecule has 2 aromatic carbocycles. The minimum atomic E-state index is -0.0512. The molecule has 94 valence electrons. The first-order valence-electron chi connectivity index (χ1n) is 6.04. The van der Waals surface area contributed by atoms with Crippen molar-refractivity contribution in [2.75, 3.05) is 7.11 Å². The number of ether oxygens (including phenoxy) is 1. The summed E-state index contributed by atoms with van der Waals surface area (Å²) in [5, 5.41) is 2.89. The smallest absolute Gasteiger partial charge is 0.256 e. The molecule has 1 aliphatic rings. The number of carbonyl (C=O) groups excluding carboxylic acids is 1. The zero-order chi connectivity index (χ0) is 13.2. The average Bonchev–Trinajstić information content (AvgIpc) is 2.76. The van der Waals surface area contributed by atoms with Gasteiger partial charge in [0.15, 0.2) is 0 Å². The molecule has 19 heavy (non-hydrogen) atoms. The SMILES string of the molecule is COc1cccc(/C=C2\NC(=O)c3ccccc32)c1. The molecule has 0 bridgehead atoms. The van der Waals surface area contributed by atoms with E-state index in [4.69, 9.17) is 4.74 Å². The van der Waals surface area contributed by atoms with Gasteiger partial charge in [0.05, 0.1) is 7.11 Å². The first-order valence-corrected chi connectivity index (χ1v) is 6.04. The van der Waals surface area contributed by atoms with Crippen molar-refractivity contribution in [2.24, 2.45) is 0 Å². The van der Waals surface area contributed by atoms with E-state index in [9.17, 15) is 4.79 Å². The summed E-state index contributed by atoms with van der Waals surface area (Å²) in [6, 6.07) is 15.3. The lowest BCUT2D eigenvalue weighted by Crippen LogP contribution is -2.11. The van der Waals surface area contributed by atoms with Gasteiger partial charge in [0.1, 0.15) is 5.75 Å². The molecule has 0 radical (unpaired) electrons. The van der Waals surface area contributed by atoms with Crippen LogP contribution in [-0.2, 0) is 0 Å². The Balaban J connectivity index is 2.03. The number of methoxy groups -OCH3 is 1. The summed E-state index contributed by atoms with van der Waals surface area (Å²) in [7, 11) is 1.64. The second-order valence-corrected chi connectivity index (χ2v) is 4.33. The first-order chi connectivity index (χ1) is 9.28. The Kier molecular flexibility index (Phi) is 2.80. The van der Waals surface area contributed by atoms with Gasteiger partial charge in [-0.15, -0.1) is 0 Å². The quantitative estimate of drug-likeness (QED) is 0.891. The second kappa shape index (κ2) is 4.61. The highest BCUT2D eigenvalue weighted by Crippen LogP contribution is 2.26. The molecule has 3 rings (SSSR count). The van der Waals surface area contributed by atoms with Crippen molar-refractivity contribution in [3.63, 3.8) is 0 Å². The van der Waals surface area contributed by atoms with Gasteiger partial charge >= 0.3 is 0 Å². The van der Waals surface area contributed by atoms with Crippen molar-refractivity contribution in [2.45, 2.75) is 0 Å². The molecule has 3 nitrogen and oxygen atoms in total. The fraction of sp³-hybridized carbons (Fsp3) is 0.0625. The van der Waals surface area contributed by atoms with Crippen molar-refractivity contribution in [1.82, 2.24) is 5.32 Å². The van der Waals surface area contributed by atoms with Crippen molar-refractivity contribution >= 4 is 17.7 Å². The van der Waals surface area contributed by atoms with Crippen molar-refractivity contribution in [3.8, 4) is 5.75 Å². The van der Waals surface area contributed by atoms with E-state index in [-0.39, 0.29) is 5.91 Å². The molecule has 0 spiro atoms. The summed E-state index contributed by atoms with van der Waals surface area (Å²) in [6.07, 6.45) is 1.95. The maximum Gasteiger partial charge on any atom is 0.256 e. The third-order valence-corrected chi connectivity index (χ3v) is 3.11. The van der Waals surface area contributed by atoms with Gasteiger partial charge in [-0.3, -0.25) is 4.79 Å². The van der Waals surface area contributed by atoms with Crippen LogP contribution in [0.25, 0.3) is 11.8 Å². The largest absolute Gasteiger partial charge is 0.497 e. The van der Waals surface area contributed by atoms with Gasteiger partial charge in [0.25, 0.3) is 5.91 Å². The number of hydrogen-bond acceptors (Lipinski definition) is 2. The predicted octanol–water partition coefficient (Wildman–Crippen LogP) is 2.94. The van der Waals surface area contributed by atoms with Crippen molar-refractivity contribution in [1.29, 1.82) is 0 Å². The molecule has 2 aromatic rings. The Morgan fingerprint density at radius 1 is 1.05 bits per heavy atom. The Morgan fingerprint density at radius 2 is 1.84 bits per heavy atom. The highest BCUT2D eigenvalue weighted by atomic mass is 16.5. The zero-order valence-corrected chi connectivity index (χ0v) is 10.5. The minimum Gasteiger partial charge on any atom is -0.497 e. The first kappa shape index (κ1) is 11.5. The summed E-state index contributed by atoms with van der Waals surface area (Å²) in [6.45, 7) is 0. The number of fused-ring (bicyclic) bond motifs is 1. The van der Waals surface area contributed by atoms with Crippen LogP contribution in [0, 0.1) is 0 Å². The molecule has 1 heterocycles. The van der Waals surface area contributed by atoms with E-state index in [1.807, 2.05) is 54.6 Å². The molecule has 0 aromatic heterocycles. The standard InChI is InChI=1S/C16H13NO2/c1-19-12-6-4-5-11(9-12)10-15-13-7-2-3-8-14(13)16(18)17-15/h2-10H,1H3,(H,17,18)/b15-10-. The molecule has 0 unspecified atom stereocenters. The summed E-state index contributed by atoms with van der Waals surface area (Å²) in [5.41, 5.74) is 3.48. The van der Waals surface area contributed by atoms with E-state index in [0.29, 0.717) is 0 Å². The summed E-state index contributed by atoms with van der Waals surface area (Å²) in [5.74, 6) is 0.747. The Hall–Kier alpha value is -2.55. The van der Waals surface area contributed by atoms with Crippen LogP contribution in [0.4, 0.5) is 0 Å². The lowest BCUT2D eigenvalue weighted by atomic mass is 10.1. The minimum absolute atomic E-state index is 0.0512. The topological polar surface area (TPSA) is 38.3 Å². The second-order valence-electron chi connectivity index (χ2n) is 4.33. The monoisotopic (exact) mass is 251 g/mol. The van der Waals surface area contributed by atoms with Gasteiger partial charge in [-0.2, -0.15) is 0 Å². The van der Waals surface area contributed by atoms with Crippen molar-refractivity contribution in [3.05, 3.63) is 65.2 Å². The fourth-order valence-corrected chi connectivity index (χ4v) is 2.18. The molecule has 0 atom stereocenters. The van der Waals surface area contributed by atoms with E-state index >= 15 is 0 Å². The Bertz CT molecular complexity index is 674. The predicted molar refractivity (Wildman–Crippen MR) is 74.8 cm³/mol. The van der Waals surface area contributed by atoms with Crippen LogP contribution in [0.2, 0.25) is 0 Å². The van der Waals surface area contributed by atoms with E-state index in [1.165, 1.54) is 0 Å². The van der Waals surface area contributed by atoms with E-state index in [2.05, 4.69) is 5.32 Å². The summed E-state index contributed by atoms with van der Waals surface area (Å²) >= 11 is 0. The van der Waals surface area contributed by atoms with Crippen LogP contribution in [0.3, 0.4) is 0 Å². The Labute approximate surface area is 111 Å². The number of carbonyl (C=O) groups is 1. The molecule has 1 amide bonds. The molecule has 3 heteroatoms.